The predicted octanol–water partition coefficient (Wildman–Crippen LogP) is -1.30. The van der Waals surface area contributed by atoms with Gasteiger partial charge >= 0.3 is 0 Å². The highest BCUT2D eigenvalue weighted by Gasteiger charge is 2.18. The molecule has 0 aliphatic carbocycles. The molecule has 0 fully saturated rings. The number of benzene rings is 1. The minimum absolute atomic E-state index is 0.0396. The number of aliphatic hydroxyl groups excluding tert-OH is 1. The van der Waals surface area contributed by atoms with Crippen molar-refractivity contribution < 1.29 is 18.3 Å². The van der Waals surface area contributed by atoms with Crippen molar-refractivity contribution in [1.29, 1.82) is 0 Å². The first-order valence-corrected chi connectivity index (χ1v) is 6.55. The molecule has 0 spiro atoms. The van der Waals surface area contributed by atoms with E-state index in [-0.39, 0.29) is 4.90 Å². The van der Waals surface area contributed by atoms with Crippen LogP contribution in [0.25, 0.3) is 0 Å². The highest BCUT2D eigenvalue weighted by atomic mass is 32.2. The SMILES string of the molecule is Cc1ccc(S(=O)(=O)NCC(O)C(N)=O)cc1N. The Morgan fingerprint density at radius 1 is 1.50 bits per heavy atom. The van der Waals surface area contributed by atoms with Gasteiger partial charge in [-0.1, -0.05) is 6.07 Å². The van der Waals surface area contributed by atoms with E-state index in [4.69, 9.17) is 16.6 Å². The van der Waals surface area contributed by atoms with Crippen molar-refractivity contribution in [3.8, 4) is 0 Å². The van der Waals surface area contributed by atoms with Gasteiger partial charge in [-0.25, -0.2) is 13.1 Å². The molecule has 0 heterocycles. The molecular weight excluding hydrogens is 258 g/mol. The maximum atomic E-state index is 11.8. The van der Waals surface area contributed by atoms with Crippen LogP contribution < -0.4 is 16.2 Å². The van der Waals surface area contributed by atoms with Crippen molar-refractivity contribution in [2.24, 2.45) is 5.73 Å². The third-order valence-corrected chi connectivity index (χ3v) is 3.78. The summed E-state index contributed by atoms with van der Waals surface area (Å²) >= 11 is 0. The Morgan fingerprint density at radius 2 is 2.11 bits per heavy atom. The quantitative estimate of drug-likeness (QED) is 0.494. The molecule has 0 aliphatic rings. The normalized spacial score (nSPS) is 13.2. The Balaban J connectivity index is 2.87. The molecule has 18 heavy (non-hydrogen) atoms. The van der Waals surface area contributed by atoms with Gasteiger partial charge in [-0.3, -0.25) is 4.79 Å². The molecule has 0 saturated heterocycles. The fourth-order valence-electron chi connectivity index (χ4n) is 1.16. The van der Waals surface area contributed by atoms with Gasteiger partial charge < -0.3 is 16.6 Å². The van der Waals surface area contributed by atoms with E-state index in [1.54, 1.807) is 13.0 Å². The van der Waals surface area contributed by atoms with Gasteiger partial charge in [0.1, 0.15) is 6.10 Å². The number of primary amides is 1. The van der Waals surface area contributed by atoms with Crippen LogP contribution in [0.15, 0.2) is 23.1 Å². The molecule has 7 nitrogen and oxygen atoms in total. The fourth-order valence-corrected chi connectivity index (χ4v) is 2.23. The van der Waals surface area contributed by atoms with Crippen molar-refractivity contribution in [2.45, 2.75) is 17.9 Å². The first-order chi connectivity index (χ1) is 8.24. The minimum atomic E-state index is -3.83. The molecule has 1 rings (SSSR count). The van der Waals surface area contributed by atoms with Crippen LogP contribution in [0.3, 0.4) is 0 Å². The lowest BCUT2D eigenvalue weighted by Crippen LogP contribution is -2.39. The van der Waals surface area contributed by atoms with Crippen LogP contribution in [0.1, 0.15) is 5.56 Å². The molecule has 1 unspecified atom stereocenters. The molecule has 1 aromatic rings. The van der Waals surface area contributed by atoms with Crippen LogP contribution in [0.2, 0.25) is 0 Å². The lowest BCUT2D eigenvalue weighted by Gasteiger charge is -2.10. The van der Waals surface area contributed by atoms with Gasteiger partial charge in [-0.05, 0) is 24.6 Å². The second kappa shape index (κ2) is 5.34. The van der Waals surface area contributed by atoms with E-state index >= 15 is 0 Å². The molecule has 0 aromatic heterocycles. The van der Waals surface area contributed by atoms with Crippen molar-refractivity contribution in [3.63, 3.8) is 0 Å². The van der Waals surface area contributed by atoms with Gasteiger partial charge in [-0.2, -0.15) is 0 Å². The summed E-state index contributed by atoms with van der Waals surface area (Å²) in [6.07, 6.45) is -1.57. The van der Waals surface area contributed by atoms with Crippen LogP contribution in [0, 0.1) is 6.92 Å². The summed E-state index contributed by atoms with van der Waals surface area (Å²) in [4.78, 5) is 10.5. The molecule has 0 aliphatic heterocycles. The van der Waals surface area contributed by atoms with E-state index in [1.807, 2.05) is 0 Å². The minimum Gasteiger partial charge on any atom is -0.398 e. The molecule has 0 saturated carbocycles. The fraction of sp³-hybridized carbons (Fsp3) is 0.300. The second-order valence-electron chi connectivity index (χ2n) is 3.79. The Morgan fingerprint density at radius 3 is 2.61 bits per heavy atom. The number of anilines is 1. The topological polar surface area (TPSA) is 136 Å². The summed E-state index contributed by atoms with van der Waals surface area (Å²) in [5.41, 5.74) is 11.5. The number of carbonyl (C=O) groups is 1. The summed E-state index contributed by atoms with van der Waals surface area (Å²) in [6, 6.07) is 4.24. The van der Waals surface area contributed by atoms with Gasteiger partial charge in [0.05, 0.1) is 4.90 Å². The van der Waals surface area contributed by atoms with Crippen molar-refractivity contribution in [2.75, 3.05) is 12.3 Å². The van der Waals surface area contributed by atoms with Crippen LogP contribution in [0.4, 0.5) is 5.69 Å². The summed E-state index contributed by atoms with van der Waals surface area (Å²) in [7, 11) is -3.83. The predicted molar refractivity (Wildman–Crippen MR) is 66.0 cm³/mol. The average Bonchev–Trinajstić information content (AvgIpc) is 2.29. The molecule has 6 N–H and O–H groups in total. The van der Waals surface area contributed by atoms with E-state index in [0.29, 0.717) is 5.69 Å². The number of nitrogens with two attached hydrogens (primary N) is 2. The van der Waals surface area contributed by atoms with E-state index in [0.717, 1.165) is 5.56 Å². The number of rotatable bonds is 5. The van der Waals surface area contributed by atoms with E-state index in [1.165, 1.54) is 12.1 Å². The lowest BCUT2D eigenvalue weighted by atomic mass is 10.2. The van der Waals surface area contributed by atoms with Crippen LogP contribution in [-0.2, 0) is 14.8 Å². The summed E-state index contributed by atoms with van der Waals surface area (Å²) in [5, 5.41) is 9.11. The first-order valence-electron chi connectivity index (χ1n) is 5.07. The summed E-state index contributed by atoms with van der Waals surface area (Å²) < 4.78 is 25.7. The zero-order valence-corrected chi connectivity index (χ0v) is 10.6. The first kappa shape index (κ1) is 14.4. The Kier molecular flexibility index (Phi) is 4.28. The van der Waals surface area contributed by atoms with Crippen molar-refractivity contribution in [1.82, 2.24) is 4.72 Å². The molecule has 100 valence electrons. The van der Waals surface area contributed by atoms with Crippen molar-refractivity contribution in [3.05, 3.63) is 23.8 Å². The van der Waals surface area contributed by atoms with E-state index < -0.39 is 28.6 Å². The standard InChI is InChI=1S/C10H15N3O4S/c1-6-2-3-7(4-8(6)11)18(16,17)13-5-9(14)10(12)15/h2-4,9,13-14H,5,11H2,1H3,(H2,12,15). The number of hydrogen-bond donors (Lipinski definition) is 4. The van der Waals surface area contributed by atoms with Crippen LogP contribution in [-0.4, -0.2) is 32.1 Å². The molecular formula is C10H15N3O4S. The van der Waals surface area contributed by atoms with Gasteiger partial charge in [0.15, 0.2) is 0 Å². The van der Waals surface area contributed by atoms with Gasteiger partial charge in [0, 0.05) is 12.2 Å². The van der Waals surface area contributed by atoms with Gasteiger partial charge in [0.25, 0.3) is 0 Å². The maximum absolute atomic E-state index is 11.8. The molecule has 1 amide bonds. The number of amides is 1. The number of sulfonamides is 1. The number of nitrogens with one attached hydrogen (secondary N) is 1. The number of aliphatic hydroxyl groups is 1. The van der Waals surface area contributed by atoms with Crippen LogP contribution in [0.5, 0.6) is 0 Å². The molecule has 1 atom stereocenters. The molecule has 8 heteroatoms. The molecule has 0 bridgehead atoms. The number of hydrogen-bond acceptors (Lipinski definition) is 5. The van der Waals surface area contributed by atoms with E-state index in [9.17, 15) is 13.2 Å². The number of carbonyl (C=O) groups excluding carboxylic acids is 1. The Bertz CT molecular complexity index is 556. The third kappa shape index (κ3) is 3.42. The average molecular weight is 273 g/mol. The lowest BCUT2D eigenvalue weighted by molar-refractivity contribution is -0.125. The summed E-state index contributed by atoms with van der Waals surface area (Å²) in [5.74, 6) is -0.999. The highest BCUT2D eigenvalue weighted by molar-refractivity contribution is 7.89. The molecule has 1 aromatic carbocycles. The smallest absolute Gasteiger partial charge is 0.247 e. The monoisotopic (exact) mass is 273 g/mol. The second-order valence-corrected chi connectivity index (χ2v) is 5.56. The molecule has 0 radical (unpaired) electrons. The van der Waals surface area contributed by atoms with Gasteiger partial charge in [0.2, 0.25) is 15.9 Å². The number of aryl methyl sites for hydroxylation is 1. The zero-order valence-electron chi connectivity index (χ0n) is 9.75. The Labute approximate surface area is 105 Å². The highest BCUT2D eigenvalue weighted by Crippen LogP contribution is 2.16. The van der Waals surface area contributed by atoms with Crippen molar-refractivity contribution >= 4 is 21.6 Å². The number of nitrogen functional groups attached to an aromatic ring is 1. The maximum Gasteiger partial charge on any atom is 0.247 e. The zero-order chi connectivity index (χ0) is 13.9. The summed E-state index contributed by atoms with van der Waals surface area (Å²) in [6.45, 7) is 1.27. The van der Waals surface area contributed by atoms with Crippen LogP contribution >= 0.6 is 0 Å². The van der Waals surface area contributed by atoms with E-state index in [2.05, 4.69) is 4.72 Å². The largest absolute Gasteiger partial charge is 0.398 e. The third-order valence-electron chi connectivity index (χ3n) is 2.36. The van der Waals surface area contributed by atoms with Gasteiger partial charge in [-0.15, -0.1) is 0 Å². The Hall–Kier alpha value is -1.64.